The first-order chi connectivity index (χ1) is 15.4. The number of hydrogen-bond donors (Lipinski definition) is 1. The number of nitrogens with zero attached hydrogens (tertiary/aromatic N) is 3. The molecule has 0 unspecified atom stereocenters. The van der Waals surface area contributed by atoms with Gasteiger partial charge in [-0.1, -0.05) is 29.8 Å². The summed E-state index contributed by atoms with van der Waals surface area (Å²) in [6.45, 7) is 0. The molecule has 0 fully saturated rings. The Hall–Kier alpha value is -3.56. The molecule has 1 aromatic heterocycles. The van der Waals surface area contributed by atoms with Gasteiger partial charge in [0.15, 0.2) is 5.82 Å². The third-order valence-corrected chi connectivity index (χ3v) is 6.21. The van der Waals surface area contributed by atoms with Crippen LogP contribution in [0.25, 0.3) is 17.1 Å². The molecule has 32 heavy (non-hydrogen) atoms. The lowest BCUT2D eigenvalue weighted by Crippen LogP contribution is -2.13. The number of anilines is 1. The van der Waals surface area contributed by atoms with Crippen molar-refractivity contribution in [2.75, 3.05) is 18.9 Å². The number of methoxy groups -OCH3 is 2. The van der Waals surface area contributed by atoms with Crippen LogP contribution in [0.5, 0.6) is 11.8 Å². The fraction of sp³-hybridized carbons (Fsp3) is 0.0909. The van der Waals surface area contributed by atoms with Crippen LogP contribution in [0.4, 0.5) is 5.69 Å². The quantitative estimate of drug-likeness (QED) is 0.430. The molecule has 3 aromatic carbocycles. The number of sulfonamides is 1. The molecule has 1 N–H and O–H groups in total. The van der Waals surface area contributed by atoms with E-state index in [9.17, 15) is 8.42 Å². The number of benzene rings is 3. The number of ether oxygens (including phenoxy) is 2. The average molecular weight is 471 g/mol. The Morgan fingerprint density at radius 3 is 2.41 bits per heavy atom. The predicted octanol–water partition coefficient (Wildman–Crippen LogP) is 4.41. The van der Waals surface area contributed by atoms with Crippen LogP contribution >= 0.6 is 11.6 Å². The van der Waals surface area contributed by atoms with E-state index in [1.54, 1.807) is 36.1 Å². The van der Waals surface area contributed by atoms with Crippen molar-refractivity contribution in [2.45, 2.75) is 4.90 Å². The number of nitrogens with one attached hydrogen (secondary N) is 1. The van der Waals surface area contributed by atoms with Crippen LogP contribution in [0.1, 0.15) is 0 Å². The molecule has 0 aliphatic carbocycles. The van der Waals surface area contributed by atoms with Gasteiger partial charge in [0.25, 0.3) is 10.0 Å². The second-order valence-electron chi connectivity index (χ2n) is 6.68. The van der Waals surface area contributed by atoms with Gasteiger partial charge in [-0.15, -0.1) is 5.10 Å². The first-order valence-electron chi connectivity index (χ1n) is 9.44. The number of aromatic nitrogens is 3. The molecule has 4 aromatic rings. The molecular weight excluding hydrogens is 452 g/mol. The summed E-state index contributed by atoms with van der Waals surface area (Å²) in [6, 6.07) is 20.3. The van der Waals surface area contributed by atoms with Gasteiger partial charge in [0, 0.05) is 10.6 Å². The zero-order chi connectivity index (χ0) is 22.7. The van der Waals surface area contributed by atoms with E-state index in [1.165, 1.54) is 31.4 Å². The molecule has 164 valence electrons. The third kappa shape index (κ3) is 4.53. The van der Waals surface area contributed by atoms with E-state index in [-0.39, 0.29) is 10.9 Å². The molecule has 0 radical (unpaired) electrons. The first kappa shape index (κ1) is 21.7. The van der Waals surface area contributed by atoms with Gasteiger partial charge in [0.1, 0.15) is 5.75 Å². The van der Waals surface area contributed by atoms with Gasteiger partial charge >= 0.3 is 6.01 Å². The van der Waals surface area contributed by atoms with Crippen molar-refractivity contribution in [3.8, 4) is 28.8 Å². The highest BCUT2D eigenvalue weighted by molar-refractivity contribution is 7.92. The van der Waals surface area contributed by atoms with Crippen molar-refractivity contribution < 1.29 is 17.9 Å². The Morgan fingerprint density at radius 2 is 1.69 bits per heavy atom. The smallest absolute Gasteiger partial charge is 0.336 e. The van der Waals surface area contributed by atoms with Gasteiger partial charge in [-0.05, 0) is 54.6 Å². The summed E-state index contributed by atoms with van der Waals surface area (Å²) in [7, 11) is -0.733. The van der Waals surface area contributed by atoms with Crippen molar-refractivity contribution in [1.82, 2.24) is 14.8 Å². The van der Waals surface area contributed by atoms with Crippen molar-refractivity contribution >= 4 is 27.3 Å². The maximum atomic E-state index is 12.7. The standard InChI is InChI=1S/C22H19ClN4O4S/c1-30-19-8-3-5-15(13-19)21-24-22(31-2)25-27(21)18-7-4-6-17(14-18)26-32(28,29)20-11-9-16(23)10-12-20/h3-14,26H,1-2H3. The van der Waals surface area contributed by atoms with Gasteiger partial charge in [0.05, 0.1) is 30.5 Å². The Bertz CT molecular complexity index is 1350. The monoisotopic (exact) mass is 470 g/mol. The number of hydrogen-bond acceptors (Lipinski definition) is 6. The zero-order valence-electron chi connectivity index (χ0n) is 17.2. The highest BCUT2D eigenvalue weighted by Crippen LogP contribution is 2.28. The minimum absolute atomic E-state index is 0.104. The van der Waals surface area contributed by atoms with Crippen LogP contribution in [-0.4, -0.2) is 37.4 Å². The summed E-state index contributed by atoms with van der Waals surface area (Å²) >= 11 is 5.86. The number of rotatable bonds is 7. The molecule has 0 amide bonds. The van der Waals surface area contributed by atoms with Gasteiger partial charge in [-0.2, -0.15) is 4.98 Å². The van der Waals surface area contributed by atoms with E-state index in [1.807, 2.05) is 24.3 Å². The number of halogens is 1. The van der Waals surface area contributed by atoms with E-state index in [0.717, 1.165) is 5.56 Å². The average Bonchev–Trinajstić information content (AvgIpc) is 3.24. The van der Waals surface area contributed by atoms with Gasteiger partial charge < -0.3 is 9.47 Å². The van der Waals surface area contributed by atoms with Crippen molar-refractivity contribution in [3.63, 3.8) is 0 Å². The van der Waals surface area contributed by atoms with Gasteiger partial charge in [-0.3, -0.25) is 4.72 Å². The molecule has 4 rings (SSSR count). The molecular formula is C22H19ClN4O4S. The van der Waals surface area contributed by atoms with Crippen LogP contribution in [0.2, 0.25) is 5.02 Å². The van der Waals surface area contributed by atoms with Crippen LogP contribution in [-0.2, 0) is 10.0 Å². The summed E-state index contributed by atoms with van der Waals surface area (Å²) in [4.78, 5) is 4.54. The molecule has 0 aliphatic heterocycles. The summed E-state index contributed by atoms with van der Waals surface area (Å²) in [5, 5.41) is 4.84. The van der Waals surface area contributed by atoms with Gasteiger partial charge in [-0.25, -0.2) is 13.1 Å². The van der Waals surface area contributed by atoms with E-state index in [2.05, 4.69) is 14.8 Å². The summed E-state index contributed by atoms with van der Waals surface area (Å²) < 4.78 is 40.2. The van der Waals surface area contributed by atoms with Gasteiger partial charge in [0.2, 0.25) is 0 Å². The second kappa shape index (κ2) is 8.89. The molecule has 8 nitrogen and oxygen atoms in total. The lowest BCUT2D eigenvalue weighted by atomic mass is 10.2. The van der Waals surface area contributed by atoms with E-state index in [0.29, 0.717) is 28.0 Å². The largest absolute Gasteiger partial charge is 0.497 e. The maximum Gasteiger partial charge on any atom is 0.336 e. The summed E-state index contributed by atoms with van der Waals surface area (Å²) in [5.74, 6) is 1.18. The molecule has 0 aliphatic rings. The van der Waals surface area contributed by atoms with Crippen LogP contribution in [0, 0.1) is 0 Å². The summed E-state index contributed by atoms with van der Waals surface area (Å²) in [5.41, 5.74) is 1.71. The van der Waals surface area contributed by atoms with Crippen LogP contribution in [0.3, 0.4) is 0 Å². The lowest BCUT2D eigenvalue weighted by molar-refractivity contribution is 0.380. The summed E-state index contributed by atoms with van der Waals surface area (Å²) in [6.07, 6.45) is 0. The third-order valence-electron chi connectivity index (χ3n) is 4.57. The highest BCUT2D eigenvalue weighted by atomic mass is 35.5. The van der Waals surface area contributed by atoms with E-state index in [4.69, 9.17) is 21.1 Å². The van der Waals surface area contributed by atoms with Crippen molar-refractivity contribution in [1.29, 1.82) is 0 Å². The lowest BCUT2D eigenvalue weighted by Gasteiger charge is -2.11. The second-order valence-corrected chi connectivity index (χ2v) is 8.79. The topological polar surface area (TPSA) is 95.3 Å². The molecule has 0 saturated carbocycles. The zero-order valence-corrected chi connectivity index (χ0v) is 18.8. The Kier molecular flexibility index (Phi) is 6.02. The molecule has 0 spiro atoms. The molecule has 0 atom stereocenters. The maximum absolute atomic E-state index is 12.7. The SMILES string of the molecule is COc1cccc(-c2nc(OC)nn2-c2cccc(NS(=O)(=O)c3ccc(Cl)cc3)c2)c1. The van der Waals surface area contributed by atoms with Crippen LogP contribution < -0.4 is 14.2 Å². The minimum Gasteiger partial charge on any atom is -0.497 e. The van der Waals surface area contributed by atoms with Crippen molar-refractivity contribution in [3.05, 3.63) is 77.8 Å². The first-order valence-corrected chi connectivity index (χ1v) is 11.3. The van der Waals surface area contributed by atoms with E-state index < -0.39 is 10.0 Å². The molecule has 0 bridgehead atoms. The normalized spacial score (nSPS) is 11.2. The minimum atomic E-state index is -3.79. The molecule has 10 heteroatoms. The van der Waals surface area contributed by atoms with E-state index >= 15 is 0 Å². The fourth-order valence-electron chi connectivity index (χ4n) is 3.04. The Morgan fingerprint density at radius 1 is 0.938 bits per heavy atom. The Balaban J connectivity index is 1.72. The highest BCUT2D eigenvalue weighted by Gasteiger charge is 2.17. The molecule has 0 saturated heterocycles. The Labute approximate surface area is 190 Å². The fourth-order valence-corrected chi connectivity index (χ4v) is 4.21. The molecule has 1 heterocycles. The van der Waals surface area contributed by atoms with Crippen molar-refractivity contribution in [2.24, 2.45) is 0 Å². The van der Waals surface area contributed by atoms with Crippen LogP contribution in [0.15, 0.2) is 77.7 Å². The predicted molar refractivity (Wildman–Crippen MR) is 122 cm³/mol.